The van der Waals surface area contributed by atoms with Gasteiger partial charge < -0.3 is 15.0 Å². The highest BCUT2D eigenvalue weighted by atomic mass is 32.2. The highest BCUT2D eigenvalue weighted by molar-refractivity contribution is 7.90. The number of nitro benzene ring substituents is 1. The Morgan fingerprint density at radius 1 is 1.23 bits per heavy atom. The Morgan fingerprint density at radius 2 is 1.97 bits per heavy atom. The van der Waals surface area contributed by atoms with Crippen LogP contribution in [0.25, 0.3) is 21.8 Å². The number of carbonyl (C=O) groups is 2. The molecule has 1 amide bonds. The summed E-state index contributed by atoms with van der Waals surface area (Å²) in [6.07, 6.45) is 1.56. The van der Waals surface area contributed by atoms with Gasteiger partial charge in [-0.05, 0) is 25.1 Å². The molecule has 0 atom stereocenters. The van der Waals surface area contributed by atoms with Gasteiger partial charge in [0.05, 0.1) is 28.3 Å². The molecule has 4 rings (SSSR count). The van der Waals surface area contributed by atoms with Crippen LogP contribution in [0.1, 0.15) is 30.8 Å². The van der Waals surface area contributed by atoms with Crippen molar-refractivity contribution in [1.29, 1.82) is 0 Å². The zero-order valence-electron chi connectivity index (χ0n) is 18.6. The van der Waals surface area contributed by atoms with Gasteiger partial charge in [0.2, 0.25) is 5.91 Å². The second-order valence-electron chi connectivity index (χ2n) is 7.35. The van der Waals surface area contributed by atoms with Crippen molar-refractivity contribution < 1.29 is 27.7 Å². The van der Waals surface area contributed by atoms with Crippen LogP contribution < -0.4 is 10.7 Å². The molecule has 2 aromatic heterocycles. The average molecular weight is 497 g/mol. The third-order valence-electron chi connectivity index (χ3n) is 5.11. The first-order valence-corrected chi connectivity index (χ1v) is 11.9. The van der Waals surface area contributed by atoms with E-state index in [0.717, 1.165) is 12.1 Å². The fourth-order valence-electron chi connectivity index (χ4n) is 3.56. The molecule has 2 aromatic carbocycles. The summed E-state index contributed by atoms with van der Waals surface area (Å²) >= 11 is 0. The number of hydrogen-bond donors (Lipinski definition) is 2. The molecule has 4 aromatic rings. The molecule has 0 bridgehead atoms. The van der Waals surface area contributed by atoms with E-state index in [1.54, 1.807) is 13.8 Å². The van der Waals surface area contributed by atoms with Crippen LogP contribution in [-0.4, -0.2) is 41.8 Å². The number of nitro groups is 1. The average Bonchev–Trinajstić information content (AvgIpc) is 3.26. The Bertz CT molecular complexity index is 1660. The van der Waals surface area contributed by atoms with Crippen LogP contribution in [0, 0.1) is 10.1 Å². The fourth-order valence-corrected chi connectivity index (χ4v) is 4.72. The molecule has 0 aliphatic heterocycles. The summed E-state index contributed by atoms with van der Waals surface area (Å²) in [5, 5.41) is 14.8. The molecule has 0 spiro atoms. The third kappa shape index (κ3) is 4.40. The molecule has 2 N–H and O–H groups in total. The maximum absolute atomic E-state index is 13.1. The first-order chi connectivity index (χ1) is 16.7. The molecule has 35 heavy (non-hydrogen) atoms. The number of nitrogens with zero attached hydrogens (tertiary/aromatic N) is 3. The number of aromatic amines is 1. The molecular weight excluding hydrogens is 478 g/mol. The number of rotatable bonds is 7. The second-order valence-corrected chi connectivity index (χ2v) is 8.92. The molecule has 0 fully saturated rings. The number of hydrogen-bond acceptors (Lipinski definition) is 8. The van der Waals surface area contributed by atoms with Crippen LogP contribution in [0.3, 0.4) is 0 Å². The van der Waals surface area contributed by atoms with E-state index in [1.165, 1.54) is 30.5 Å². The third-order valence-corrected chi connectivity index (χ3v) is 6.45. The van der Waals surface area contributed by atoms with Gasteiger partial charge in [0, 0.05) is 29.5 Å². The van der Waals surface area contributed by atoms with E-state index < -0.39 is 31.5 Å². The second kappa shape index (κ2) is 9.10. The van der Waals surface area contributed by atoms with E-state index in [-0.39, 0.29) is 41.2 Å². The summed E-state index contributed by atoms with van der Waals surface area (Å²) in [4.78, 5) is 41.7. The number of amides is 1. The number of nitrogens with one attached hydrogen (secondary N) is 2. The Balaban J connectivity index is 2.02. The Labute approximate surface area is 198 Å². The van der Waals surface area contributed by atoms with Crippen LogP contribution in [0.2, 0.25) is 0 Å². The Morgan fingerprint density at radius 3 is 2.66 bits per heavy atom. The number of H-pyrrole nitrogens is 1. The van der Waals surface area contributed by atoms with Crippen LogP contribution in [0.15, 0.2) is 51.9 Å². The minimum atomic E-state index is -4.53. The van der Waals surface area contributed by atoms with Crippen LogP contribution in [0.4, 0.5) is 11.4 Å². The molecule has 0 aliphatic carbocycles. The Kier molecular flexibility index (Phi) is 6.18. The van der Waals surface area contributed by atoms with Crippen molar-refractivity contribution in [3.8, 4) is 0 Å². The van der Waals surface area contributed by atoms with Crippen molar-refractivity contribution >= 4 is 55.1 Å². The number of ether oxygens (including phenoxy) is 1. The van der Waals surface area contributed by atoms with E-state index in [0.29, 0.717) is 16.3 Å². The highest BCUT2D eigenvalue weighted by Gasteiger charge is 2.25. The standard InChI is InChI=1S/C22H19N5O7S/c1-3-18(28)24-13-10-14(26-35(32,33)17-8-6-5-7-16(17)27(30)31)20-19-12(11-23-20)9-15(25-21(13)19)22(29)34-4-2/h5-11,25H,3-4H2,1-2H3,(H,24,28). The lowest BCUT2D eigenvalue weighted by atomic mass is 10.1. The predicted molar refractivity (Wildman–Crippen MR) is 126 cm³/mol. The zero-order valence-corrected chi connectivity index (χ0v) is 19.4. The van der Waals surface area contributed by atoms with Gasteiger partial charge in [-0.3, -0.25) is 19.9 Å². The summed E-state index contributed by atoms with van der Waals surface area (Å²) in [5.41, 5.74) is 0.132. The number of aromatic nitrogens is 2. The quantitative estimate of drug-likeness (QED) is 0.223. The van der Waals surface area contributed by atoms with Gasteiger partial charge in [0.25, 0.3) is 15.7 Å². The number of anilines is 1. The number of sulfonamides is 1. The van der Waals surface area contributed by atoms with E-state index in [9.17, 15) is 28.1 Å². The summed E-state index contributed by atoms with van der Waals surface area (Å²) in [6.45, 7) is 3.45. The van der Waals surface area contributed by atoms with E-state index >= 15 is 0 Å². The molecule has 0 saturated heterocycles. The van der Waals surface area contributed by atoms with Crippen LogP contribution >= 0.6 is 0 Å². The monoisotopic (exact) mass is 497 g/mol. The van der Waals surface area contributed by atoms with E-state index in [1.807, 2.05) is 0 Å². The maximum atomic E-state index is 13.1. The fraction of sp³-hybridized carbons (Fsp3) is 0.182. The minimum Gasteiger partial charge on any atom is -0.461 e. The molecule has 2 heterocycles. The predicted octanol–water partition coefficient (Wildman–Crippen LogP) is 2.88. The molecule has 0 saturated carbocycles. The molecule has 0 aliphatic rings. The molecule has 12 nitrogen and oxygen atoms in total. The summed E-state index contributed by atoms with van der Waals surface area (Å²) in [6, 6.07) is 7.63. The van der Waals surface area contributed by atoms with Crippen LogP contribution in [0.5, 0.6) is 0 Å². The lowest BCUT2D eigenvalue weighted by Crippen LogP contribution is -2.16. The van der Waals surface area contributed by atoms with Gasteiger partial charge in [-0.25, -0.2) is 4.79 Å². The molecular formula is C22H19N5O7S. The van der Waals surface area contributed by atoms with Crippen molar-refractivity contribution in [3.63, 3.8) is 0 Å². The molecule has 13 heteroatoms. The van der Waals surface area contributed by atoms with Crippen molar-refractivity contribution in [2.75, 3.05) is 11.9 Å². The van der Waals surface area contributed by atoms with Crippen molar-refractivity contribution in [2.24, 2.45) is 4.40 Å². The van der Waals surface area contributed by atoms with Gasteiger partial charge in [-0.2, -0.15) is 12.8 Å². The normalized spacial score (nSPS) is 12.2. The minimum absolute atomic E-state index is 0.109. The van der Waals surface area contributed by atoms with Crippen molar-refractivity contribution in [2.45, 2.75) is 25.2 Å². The van der Waals surface area contributed by atoms with Gasteiger partial charge in [-0.1, -0.05) is 19.1 Å². The first-order valence-electron chi connectivity index (χ1n) is 10.5. The van der Waals surface area contributed by atoms with Crippen LogP contribution in [-0.2, 0) is 19.6 Å². The molecule has 0 radical (unpaired) electrons. The number of carbonyl (C=O) groups excluding carboxylic acids is 2. The maximum Gasteiger partial charge on any atom is 0.354 e. The number of esters is 1. The zero-order chi connectivity index (χ0) is 25.3. The highest BCUT2D eigenvalue weighted by Crippen LogP contribution is 2.30. The summed E-state index contributed by atoms with van der Waals surface area (Å²) in [5.74, 6) is -0.990. The van der Waals surface area contributed by atoms with Gasteiger partial charge in [0.1, 0.15) is 11.1 Å². The molecule has 180 valence electrons. The smallest absolute Gasteiger partial charge is 0.354 e. The largest absolute Gasteiger partial charge is 0.461 e. The van der Waals surface area contributed by atoms with Gasteiger partial charge >= 0.3 is 5.97 Å². The lowest BCUT2D eigenvalue weighted by molar-refractivity contribution is -0.387. The SMILES string of the molecule is CCOC(=O)c1cc2cnc3c(=NS(=O)(=O)c4ccccc4[N+](=O)[O-])cc(NC(=O)CC)c([nH]1)c23. The summed E-state index contributed by atoms with van der Waals surface area (Å²) < 4.78 is 35.0. The number of para-hydroxylation sites is 1. The van der Waals surface area contributed by atoms with Gasteiger partial charge in [-0.15, -0.1) is 0 Å². The first kappa shape index (κ1) is 23.8. The van der Waals surface area contributed by atoms with Crippen molar-refractivity contribution in [1.82, 2.24) is 9.97 Å². The Hall–Kier alpha value is -4.39. The summed E-state index contributed by atoms with van der Waals surface area (Å²) in [7, 11) is -4.53. The topological polar surface area (TPSA) is 174 Å². The number of benzene rings is 2. The lowest BCUT2D eigenvalue weighted by Gasteiger charge is -2.11. The molecule has 0 unspecified atom stereocenters. The van der Waals surface area contributed by atoms with Gasteiger partial charge in [0.15, 0.2) is 4.90 Å². The van der Waals surface area contributed by atoms with Crippen molar-refractivity contribution in [3.05, 3.63) is 63.8 Å². The van der Waals surface area contributed by atoms with E-state index in [4.69, 9.17) is 4.74 Å². The van der Waals surface area contributed by atoms with E-state index in [2.05, 4.69) is 19.7 Å². The number of pyridine rings is 1.